The van der Waals surface area contributed by atoms with Gasteiger partial charge >= 0.3 is 0 Å². The molecule has 0 aromatic carbocycles. The topological polar surface area (TPSA) is 140 Å². The summed E-state index contributed by atoms with van der Waals surface area (Å²) in [6.07, 6.45) is 9.34. The highest BCUT2D eigenvalue weighted by atomic mass is 32.2. The summed E-state index contributed by atoms with van der Waals surface area (Å²) in [6.45, 7) is 22.3. The van der Waals surface area contributed by atoms with Crippen molar-refractivity contribution in [2.75, 3.05) is 76.3 Å². The van der Waals surface area contributed by atoms with Gasteiger partial charge in [-0.1, -0.05) is 26.7 Å². The van der Waals surface area contributed by atoms with E-state index >= 15 is 0 Å². The third-order valence-electron chi connectivity index (χ3n) is 7.75. The fourth-order valence-corrected chi connectivity index (χ4v) is 9.28. The zero-order chi connectivity index (χ0) is 36.7. The first kappa shape index (κ1) is 48.6. The van der Waals surface area contributed by atoms with Crippen LogP contribution in [0.5, 0.6) is 0 Å². The Morgan fingerprint density at radius 1 is 0.388 bits per heavy atom. The Morgan fingerprint density at radius 3 is 0.735 bits per heavy atom. The van der Waals surface area contributed by atoms with Gasteiger partial charge in [-0.15, -0.1) is 0 Å². The number of rotatable bonds is 12. The molecule has 3 heterocycles. The quantitative estimate of drug-likeness (QED) is 0.253. The molecule has 0 amide bonds. The summed E-state index contributed by atoms with van der Waals surface area (Å²) in [4.78, 5) is 0. The second-order valence-corrected chi connectivity index (χ2v) is 22.0. The van der Waals surface area contributed by atoms with E-state index in [-0.39, 0.29) is 61.3 Å². The molecule has 0 aliphatic carbocycles. The molecule has 12 nitrogen and oxygen atoms in total. The van der Waals surface area contributed by atoms with Gasteiger partial charge in [-0.25, -0.2) is 38.2 Å². The lowest BCUT2D eigenvalue weighted by Crippen LogP contribution is -2.38. The van der Waals surface area contributed by atoms with Gasteiger partial charge in [-0.3, -0.25) is 0 Å². The summed E-state index contributed by atoms with van der Waals surface area (Å²) >= 11 is 0. The molecule has 3 saturated heterocycles. The largest absolute Gasteiger partial charge is 0.375 e. The van der Waals surface area contributed by atoms with Gasteiger partial charge in [0.15, 0.2) is 0 Å². The highest BCUT2D eigenvalue weighted by molar-refractivity contribution is 7.89. The zero-order valence-electron chi connectivity index (χ0n) is 31.6. The molecule has 0 atom stereocenters. The van der Waals surface area contributed by atoms with E-state index in [4.69, 9.17) is 14.2 Å². The highest BCUT2D eigenvalue weighted by Gasteiger charge is 2.26. The first-order chi connectivity index (χ1) is 21.9. The van der Waals surface area contributed by atoms with Crippen LogP contribution in [0.15, 0.2) is 0 Å². The van der Waals surface area contributed by atoms with Gasteiger partial charge in [0, 0.05) is 39.3 Å². The summed E-state index contributed by atoms with van der Waals surface area (Å²) in [5.74, 6) is 0.304. The number of nitrogens with zero attached hydrogens (tertiary/aromatic N) is 3. The fraction of sp³-hybridized carbons (Fsp3) is 1.00. The predicted molar refractivity (Wildman–Crippen MR) is 201 cm³/mol. The molecule has 0 unspecified atom stereocenters. The molecule has 3 rings (SSSR count). The van der Waals surface area contributed by atoms with Crippen LogP contribution in [0, 0.1) is 0 Å². The summed E-state index contributed by atoms with van der Waals surface area (Å²) in [7, 11) is -9.29. The Bertz CT molecular complexity index is 1050. The fourth-order valence-electron chi connectivity index (χ4n) is 5.18. The van der Waals surface area contributed by atoms with Crippen LogP contribution in [0.1, 0.15) is 128 Å². The lowest BCUT2D eigenvalue weighted by molar-refractivity contribution is 0.00566. The van der Waals surface area contributed by atoms with E-state index in [2.05, 4.69) is 0 Å². The van der Waals surface area contributed by atoms with Crippen LogP contribution in [0.2, 0.25) is 0 Å². The van der Waals surface area contributed by atoms with Crippen molar-refractivity contribution in [3.8, 4) is 0 Å². The molecule has 0 saturated carbocycles. The van der Waals surface area contributed by atoms with E-state index < -0.39 is 30.1 Å². The molecule has 0 N–H and O–H groups in total. The van der Waals surface area contributed by atoms with Gasteiger partial charge in [-0.2, -0.15) is 0 Å². The van der Waals surface area contributed by atoms with Crippen LogP contribution >= 0.6 is 0 Å². The van der Waals surface area contributed by atoms with Gasteiger partial charge in [0.2, 0.25) is 30.1 Å². The first-order valence-electron chi connectivity index (χ1n) is 17.8. The van der Waals surface area contributed by atoms with Gasteiger partial charge in [0.1, 0.15) is 0 Å². The van der Waals surface area contributed by atoms with E-state index in [1.54, 1.807) is 12.9 Å². The van der Waals surface area contributed by atoms with Crippen molar-refractivity contribution in [3.05, 3.63) is 0 Å². The van der Waals surface area contributed by atoms with Crippen LogP contribution in [0.3, 0.4) is 0 Å². The summed E-state index contributed by atoms with van der Waals surface area (Å²) < 4.78 is 92.7. The molecule has 296 valence electrons. The molecule has 0 spiro atoms. The number of hydrogen-bond acceptors (Lipinski definition) is 9. The molecule has 3 aliphatic heterocycles. The molecular formula is C34H73N3O9S3. The Hall–Kier alpha value is -0.390. The van der Waals surface area contributed by atoms with Crippen LogP contribution in [0.4, 0.5) is 0 Å². The average Bonchev–Trinajstić information content (AvgIpc) is 2.97. The minimum absolute atomic E-state index is 0. The Morgan fingerprint density at radius 2 is 0.571 bits per heavy atom. The summed E-state index contributed by atoms with van der Waals surface area (Å²) in [6, 6.07) is 0. The van der Waals surface area contributed by atoms with Crippen molar-refractivity contribution in [2.45, 2.75) is 144 Å². The SMILES string of the molecule is C.CC(C)(C)OCCS(=O)(=O)N1CCCCC1.CC(C)(C)OCCS(=O)(=O)N1CCCCC1.CC(C)(C)OCCS(=O)(=O)N1CCCCC1. The molecule has 0 aromatic heterocycles. The van der Waals surface area contributed by atoms with Crippen LogP contribution in [0.25, 0.3) is 0 Å². The van der Waals surface area contributed by atoms with Crippen molar-refractivity contribution < 1.29 is 39.5 Å². The van der Waals surface area contributed by atoms with Crippen molar-refractivity contribution >= 4 is 30.1 Å². The van der Waals surface area contributed by atoms with Gasteiger partial charge < -0.3 is 14.2 Å². The van der Waals surface area contributed by atoms with Gasteiger partial charge in [0.25, 0.3) is 0 Å². The standard InChI is InChI=1S/3C11H23NO3S.CH4/c3*1-11(2,3)15-9-10-16(13,14)12-7-5-4-6-8-12;/h3*4-10H2,1-3H3;1H4. The van der Waals surface area contributed by atoms with E-state index in [1.807, 2.05) is 62.3 Å². The highest BCUT2D eigenvalue weighted by Crippen LogP contribution is 2.17. The van der Waals surface area contributed by atoms with Gasteiger partial charge in [0.05, 0.1) is 53.9 Å². The maximum atomic E-state index is 11.9. The maximum Gasteiger partial charge on any atom is 0.216 e. The number of sulfonamides is 3. The maximum absolute atomic E-state index is 11.9. The Balaban J connectivity index is 0.000000698. The molecular weight excluding hydrogens is 691 g/mol. The molecule has 3 aliphatic rings. The van der Waals surface area contributed by atoms with E-state index in [0.717, 1.165) is 57.8 Å². The minimum Gasteiger partial charge on any atom is -0.375 e. The zero-order valence-corrected chi connectivity index (χ0v) is 34.0. The first-order valence-corrected chi connectivity index (χ1v) is 22.6. The van der Waals surface area contributed by atoms with Crippen molar-refractivity contribution in [2.24, 2.45) is 0 Å². The number of ether oxygens (including phenoxy) is 3. The third-order valence-corrected chi connectivity index (χ3v) is 13.3. The van der Waals surface area contributed by atoms with Crippen molar-refractivity contribution in [1.82, 2.24) is 12.9 Å². The summed E-state index contributed by atoms with van der Waals surface area (Å²) in [5, 5.41) is 0. The number of piperidine rings is 3. The lowest BCUT2D eigenvalue weighted by Gasteiger charge is -2.26. The molecule has 15 heteroatoms. The average molecular weight is 764 g/mol. The van der Waals surface area contributed by atoms with E-state index in [9.17, 15) is 25.3 Å². The van der Waals surface area contributed by atoms with Crippen LogP contribution in [-0.2, 0) is 44.3 Å². The molecule has 0 radical (unpaired) electrons. The van der Waals surface area contributed by atoms with Crippen LogP contribution < -0.4 is 0 Å². The second-order valence-electron chi connectivity index (χ2n) is 15.7. The Labute approximate surface area is 302 Å². The minimum atomic E-state index is -3.10. The smallest absolute Gasteiger partial charge is 0.216 e. The normalized spacial score (nSPS) is 19.5. The lowest BCUT2D eigenvalue weighted by atomic mass is 10.2. The summed E-state index contributed by atoms with van der Waals surface area (Å²) in [5.41, 5.74) is -0.799. The molecule has 49 heavy (non-hydrogen) atoms. The van der Waals surface area contributed by atoms with Crippen LogP contribution in [-0.4, -0.2) is 131 Å². The van der Waals surface area contributed by atoms with E-state index in [1.165, 1.54) is 0 Å². The van der Waals surface area contributed by atoms with E-state index in [0.29, 0.717) is 39.3 Å². The van der Waals surface area contributed by atoms with Crippen molar-refractivity contribution in [1.29, 1.82) is 0 Å². The second kappa shape index (κ2) is 22.0. The number of hydrogen-bond donors (Lipinski definition) is 0. The molecule has 3 fully saturated rings. The Kier molecular flexibility index (Phi) is 21.8. The third kappa shape index (κ3) is 23.0. The van der Waals surface area contributed by atoms with Crippen molar-refractivity contribution in [3.63, 3.8) is 0 Å². The molecule has 0 aromatic rings. The molecule has 0 bridgehead atoms. The predicted octanol–water partition coefficient (Wildman–Crippen LogP) is 5.49. The monoisotopic (exact) mass is 763 g/mol. The van der Waals surface area contributed by atoms with Gasteiger partial charge in [-0.05, 0) is 101 Å².